The molecule has 0 aliphatic heterocycles. The summed E-state index contributed by atoms with van der Waals surface area (Å²) in [5.74, 6) is 0.839. The van der Waals surface area contributed by atoms with Gasteiger partial charge in [0.2, 0.25) is 0 Å². The number of urea groups is 1. The Kier molecular flexibility index (Phi) is 6.36. The minimum absolute atomic E-state index is 0.160. The summed E-state index contributed by atoms with van der Waals surface area (Å²) in [6.07, 6.45) is 1.77. The van der Waals surface area contributed by atoms with Gasteiger partial charge in [0.1, 0.15) is 5.75 Å². The Morgan fingerprint density at radius 3 is 2.81 bits per heavy atom. The summed E-state index contributed by atoms with van der Waals surface area (Å²) in [5, 5.41) is 7.06. The average Bonchev–Trinajstić information content (AvgIpc) is 3.00. The highest BCUT2D eigenvalue weighted by atomic mass is 16.5. The first kappa shape index (κ1) is 18.8. The first-order chi connectivity index (χ1) is 13.2. The highest BCUT2D eigenvalue weighted by Crippen LogP contribution is 2.21. The molecule has 0 aliphatic rings. The van der Waals surface area contributed by atoms with Crippen molar-refractivity contribution in [2.45, 2.75) is 33.2 Å². The summed E-state index contributed by atoms with van der Waals surface area (Å²) < 4.78 is 5.62. The topological polar surface area (TPSA) is 66.2 Å². The molecule has 2 amide bonds. The third kappa shape index (κ3) is 5.03. The summed E-state index contributed by atoms with van der Waals surface area (Å²) in [7, 11) is 0. The van der Waals surface area contributed by atoms with E-state index < -0.39 is 0 Å². The highest BCUT2D eigenvalue weighted by molar-refractivity contribution is 5.84. The van der Waals surface area contributed by atoms with Crippen molar-refractivity contribution in [2.75, 3.05) is 13.2 Å². The Balaban J connectivity index is 1.47. The molecule has 0 unspecified atom stereocenters. The number of benzene rings is 2. The largest absolute Gasteiger partial charge is 0.494 e. The first-order valence-corrected chi connectivity index (χ1v) is 9.47. The number of para-hydroxylation sites is 1. The van der Waals surface area contributed by atoms with Gasteiger partial charge >= 0.3 is 6.03 Å². The van der Waals surface area contributed by atoms with Crippen molar-refractivity contribution in [3.8, 4) is 5.75 Å². The van der Waals surface area contributed by atoms with Crippen LogP contribution in [0.4, 0.5) is 4.79 Å². The Bertz CT molecular complexity index is 901. The van der Waals surface area contributed by atoms with Crippen LogP contribution in [0.3, 0.4) is 0 Å². The molecule has 1 aromatic heterocycles. The van der Waals surface area contributed by atoms with Crippen LogP contribution >= 0.6 is 0 Å². The van der Waals surface area contributed by atoms with Crippen molar-refractivity contribution in [2.24, 2.45) is 0 Å². The standard InChI is InChI=1S/C22H27N3O2/c1-3-13-27-18-8-6-7-17(14-18)15-24-22(26)23-12-11-19-16(2)25-21-10-5-4-9-20(19)21/h4-10,14,25H,3,11-13,15H2,1-2H3,(H2,23,24,26). The molecule has 0 bridgehead atoms. The van der Waals surface area contributed by atoms with Gasteiger partial charge in [0.05, 0.1) is 6.61 Å². The fourth-order valence-corrected chi connectivity index (χ4v) is 3.17. The Labute approximate surface area is 160 Å². The lowest BCUT2D eigenvalue weighted by atomic mass is 10.1. The average molecular weight is 365 g/mol. The molecule has 3 N–H and O–H groups in total. The van der Waals surface area contributed by atoms with Gasteiger partial charge < -0.3 is 20.4 Å². The molecule has 0 saturated carbocycles. The number of fused-ring (bicyclic) bond motifs is 1. The number of carbonyl (C=O) groups excluding carboxylic acids is 1. The molecule has 2 aromatic carbocycles. The number of H-pyrrole nitrogens is 1. The fourth-order valence-electron chi connectivity index (χ4n) is 3.17. The van der Waals surface area contributed by atoms with Gasteiger partial charge in [-0.25, -0.2) is 4.79 Å². The molecule has 5 nitrogen and oxygen atoms in total. The molecular weight excluding hydrogens is 338 g/mol. The van der Waals surface area contributed by atoms with Crippen LogP contribution in [0.1, 0.15) is 30.2 Å². The lowest BCUT2D eigenvalue weighted by Gasteiger charge is -2.10. The third-order valence-electron chi connectivity index (χ3n) is 4.51. The summed E-state index contributed by atoms with van der Waals surface area (Å²) in [6, 6.07) is 15.9. The molecule has 3 rings (SSSR count). The fraction of sp³-hybridized carbons (Fsp3) is 0.318. The quantitative estimate of drug-likeness (QED) is 0.557. The van der Waals surface area contributed by atoms with Crippen LogP contribution in [0, 0.1) is 6.92 Å². The van der Waals surface area contributed by atoms with Gasteiger partial charge in [-0.2, -0.15) is 0 Å². The van der Waals surface area contributed by atoms with Gasteiger partial charge in [0, 0.05) is 29.7 Å². The van der Waals surface area contributed by atoms with E-state index >= 15 is 0 Å². The number of aromatic amines is 1. The zero-order valence-electron chi connectivity index (χ0n) is 16.0. The van der Waals surface area contributed by atoms with Gasteiger partial charge in [-0.05, 0) is 49.1 Å². The first-order valence-electron chi connectivity index (χ1n) is 9.47. The number of hydrogen-bond donors (Lipinski definition) is 3. The zero-order chi connectivity index (χ0) is 19.1. The summed E-state index contributed by atoms with van der Waals surface area (Å²) in [5.41, 5.74) is 4.57. The van der Waals surface area contributed by atoms with Crippen molar-refractivity contribution >= 4 is 16.9 Å². The molecule has 0 saturated heterocycles. The summed E-state index contributed by atoms with van der Waals surface area (Å²) >= 11 is 0. The van der Waals surface area contributed by atoms with Gasteiger partial charge in [0.25, 0.3) is 0 Å². The maximum absolute atomic E-state index is 12.1. The van der Waals surface area contributed by atoms with E-state index in [2.05, 4.69) is 41.6 Å². The second-order valence-corrected chi connectivity index (χ2v) is 6.63. The minimum Gasteiger partial charge on any atom is -0.494 e. The van der Waals surface area contributed by atoms with Crippen molar-refractivity contribution in [1.29, 1.82) is 0 Å². The number of rotatable bonds is 8. The molecule has 27 heavy (non-hydrogen) atoms. The van der Waals surface area contributed by atoms with Crippen molar-refractivity contribution in [1.82, 2.24) is 15.6 Å². The van der Waals surface area contributed by atoms with Crippen LogP contribution in [0.2, 0.25) is 0 Å². The van der Waals surface area contributed by atoms with Gasteiger partial charge in [-0.1, -0.05) is 37.3 Å². The van der Waals surface area contributed by atoms with Crippen LogP contribution in [-0.4, -0.2) is 24.2 Å². The van der Waals surface area contributed by atoms with E-state index in [-0.39, 0.29) is 6.03 Å². The van der Waals surface area contributed by atoms with E-state index in [4.69, 9.17) is 4.74 Å². The number of ether oxygens (including phenoxy) is 1. The number of hydrogen-bond acceptors (Lipinski definition) is 2. The summed E-state index contributed by atoms with van der Waals surface area (Å²) in [4.78, 5) is 15.5. The zero-order valence-corrected chi connectivity index (χ0v) is 16.0. The predicted octanol–water partition coefficient (Wildman–Crippen LogP) is 4.31. The van der Waals surface area contributed by atoms with Crippen molar-refractivity contribution in [3.63, 3.8) is 0 Å². The van der Waals surface area contributed by atoms with Crippen molar-refractivity contribution < 1.29 is 9.53 Å². The molecule has 0 radical (unpaired) electrons. The Morgan fingerprint density at radius 2 is 1.96 bits per heavy atom. The molecule has 0 spiro atoms. The van der Waals surface area contributed by atoms with E-state index in [0.717, 1.165) is 35.4 Å². The second kappa shape index (κ2) is 9.12. The third-order valence-corrected chi connectivity index (χ3v) is 4.51. The number of nitrogens with one attached hydrogen (secondary N) is 3. The molecular formula is C22H27N3O2. The van der Waals surface area contributed by atoms with E-state index in [1.54, 1.807) is 0 Å². The number of amides is 2. The molecule has 0 fully saturated rings. The lowest BCUT2D eigenvalue weighted by Crippen LogP contribution is -2.36. The van der Waals surface area contributed by atoms with Gasteiger partial charge in [-0.3, -0.25) is 0 Å². The van der Waals surface area contributed by atoms with E-state index in [0.29, 0.717) is 19.7 Å². The SMILES string of the molecule is CCCOc1cccc(CNC(=O)NCCc2c(C)[nH]c3ccccc23)c1. The monoisotopic (exact) mass is 365 g/mol. The molecule has 0 aliphatic carbocycles. The second-order valence-electron chi connectivity index (χ2n) is 6.63. The smallest absolute Gasteiger partial charge is 0.315 e. The van der Waals surface area contributed by atoms with Crippen LogP contribution < -0.4 is 15.4 Å². The minimum atomic E-state index is -0.160. The number of carbonyl (C=O) groups is 1. The van der Waals surface area contributed by atoms with Crippen LogP contribution in [-0.2, 0) is 13.0 Å². The highest BCUT2D eigenvalue weighted by Gasteiger charge is 2.08. The van der Waals surface area contributed by atoms with Crippen molar-refractivity contribution in [3.05, 3.63) is 65.4 Å². The number of aryl methyl sites for hydroxylation is 1. The normalized spacial score (nSPS) is 10.7. The van der Waals surface area contributed by atoms with E-state index in [1.165, 1.54) is 10.9 Å². The molecule has 142 valence electrons. The predicted molar refractivity (Wildman–Crippen MR) is 109 cm³/mol. The van der Waals surface area contributed by atoms with E-state index in [9.17, 15) is 4.79 Å². The molecule has 5 heteroatoms. The van der Waals surface area contributed by atoms with Crippen LogP contribution in [0.25, 0.3) is 10.9 Å². The maximum atomic E-state index is 12.1. The Morgan fingerprint density at radius 1 is 1.11 bits per heavy atom. The number of aromatic nitrogens is 1. The molecule has 3 aromatic rings. The van der Waals surface area contributed by atoms with Gasteiger partial charge in [0.15, 0.2) is 0 Å². The van der Waals surface area contributed by atoms with Gasteiger partial charge in [-0.15, -0.1) is 0 Å². The molecule has 1 heterocycles. The van der Waals surface area contributed by atoms with Crippen LogP contribution in [0.5, 0.6) is 5.75 Å². The van der Waals surface area contributed by atoms with E-state index in [1.807, 2.05) is 36.4 Å². The molecule has 0 atom stereocenters. The Hall–Kier alpha value is -2.95. The van der Waals surface area contributed by atoms with Crippen LogP contribution in [0.15, 0.2) is 48.5 Å². The summed E-state index contributed by atoms with van der Waals surface area (Å²) in [6.45, 7) is 5.91. The lowest BCUT2D eigenvalue weighted by molar-refractivity contribution is 0.240. The maximum Gasteiger partial charge on any atom is 0.315 e.